The number of rotatable bonds is 59. The maximum Gasteiger partial charge on any atom is 0.220 e. The van der Waals surface area contributed by atoms with Gasteiger partial charge in [-0.3, -0.25) is 4.79 Å². The second kappa shape index (κ2) is 64.8. The molecule has 0 aliphatic carbocycles. The number of allylic oxidation sites excluding steroid dienone is 25. The van der Waals surface area contributed by atoms with Crippen LogP contribution >= 0.6 is 0 Å². The summed E-state index contributed by atoms with van der Waals surface area (Å²) in [7, 11) is 0. The van der Waals surface area contributed by atoms with E-state index in [1.807, 2.05) is 6.08 Å². The van der Waals surface area contributed by atoms with Crippen molar-refractivity contribution in [1.29, 1.82) is 0 Å². The average Bonchev–Trinajstić information content (AvgIpc) is 3.38. The molecule has 9 nitrogen and oxygen atoms in total. The summed E-state index contributed by atoms with van der Waals surface area (Å²) in [5.41, 5.74) is 0. The number of aliphatic hydroxyl groups is 5. The van der Waals surface area contributed by atoms with Crippen LogP contribution in [0, 0.1) is 0 Å². The van der Waals surface area contributed by atoms with E-state index in [0.717, 1.165) is 109 Å². The molecule has 0 radical (unpaired) electrons. The number of aliphatic hydroxyl groups excluding tert-OH is 5. The minimum absolute atomic E-state index is 0.215. The largest absolute Gasteiger partial charge is 0.394 e. The number of hydrogen-bond acceptors (Lipinski definition) is 8. The Morgan fingerprint density at radius 2 is 0.713 bits per heavy atom. The van der Waals surface area contributed by atoms with Gasteiger partial charge in [-0.15, -0.1) is 0 Å². The molecule has 0 spiro atoms. The van der Waals surface area contributed by atoms with Gasteiger partial charge in [0, 0.05) is 6.42 Å². The fourth-order valence-corrected chi connectivity index (χ4v) is 10.1. The topological polar surface area (TPSA) is 149 Å². The van der Waals surface area contributed by atoms with E-state index in [0.29, 0.717) is 6.42 Å². The molecular formula is C78H129NO8. The molecule has 1 amide bonds. The predicted molar refractivity (Wildman–Crippen MR) is 373 cm³/mol. The van der Waals surface area contributed by atoms with E-state index in [4.69, 9.17) is 9.47 Å². The Balaban J connectivity index is 2.22. The van der Waals surface area contributed by atoms with Crippen molar-refractivity contribution in [2.45, 2.75) is 314 Å². The zero-order valence-electron chi connectivity index (χ0n) is 55.2. The summed E-state index contributed by atoms with van der Waals surface area (Å²) in [6, 6.07) is -0.842. The highest BCUT2D eigenvalue weighted by Gasteiger charge is 2.44. The molecule has 1 rings (SSSR count). The Morgan fingerprint density at radius 1 is 0.402 bits per heavy atom. The lowest BCUT2D eigenvalue weighted by Crippen LogP contribution is -2.60. The number of carbonyl (C=O) groups is 1. The maximum atomic E-state index is 13.1. The lowest BCUT2D eigenvalue weighted by atomic mass is 9.99. The van der Waals surface area contributed by atoms with E-state index in [1.54, 1.807) is 6.08 Å². The van der Waals surface area contributed by atoms with Crippen molar-refractivity contribution < 1.29 is 39.8 Å². The normalized spacial score (nSPS) is 19.0. The van der Waals surface area contributed by atoms with Crippen LogP contribution in [0.5, 0.6) is 0 Å². The molecule has 0 aromatic heterocycles. The van der Waals surface area contributed by atoms with Gasteiger partial charge in [0.05, 0.1) is 25.4 Å². The molecule has 6 N–H and O–H groups in total. The highest BCUT2D eigenvalue weighted by molar-refractivity contribution is 5.76. The second-order valence-corrected chi connectivity index (χ2v) is 23.6. The molecule has 7 unspecified atom stereocenters. The van der Waals surface area contributed by atoms with E-state index in [2.05, 4.69) is 165 Å². The predicted octanol–water partition coefficient (Wildman–Crippen LogP) is 19.5. The molecule has 7 atom stereocenters. The standard InChI is InChI=1S/C78H129NO8/c1-3-5-7-9-11-13-15-17-19-21-23-25-27-29-30-31-32-33-34-35-36-37-38-39-40-41-42-44-46-48-50-52-54-56-58-60-62-64-66-68-74(82)79-71(70-86-78-77(85)76(84)75(83)73(69-80)87-78)72(81)67-65-63-61-59-57-55-53-51-49-47-45-43-28-26-24-22-20-18-16-14-12-10-8-6-4-2/h5,7,11,13,17,19,23,25,29-30,32-33,35-36,38-39,41-42,46,48,52,54,58,60,65,67,71-73,75-78,80-81,83-85H,3-4,6,8-10,12,14-16,18,20-22,24,26-28,31,34,37,40,43-45,47,49-51,53,55-57,59,61-64,66,68-70H2,1-2H3,(H,79,82)/b7-5-,13-11-,19-17-,25-23-,30-29-,33-32-,36-35-,39-38-,42-41-,48-46-,54-52-,60-58-,67-65+. The lowest BCUT2D eigenvalue weighted by molar-refractivity contribution is -0.302. The quantitative estimate of drug-likeness (QED) is 0.0261. The Labute approximate surface area is 533 Å². The van der Waals surface area contributed by atoms with Gasteiger partial charge >= 0.3 is 0 Å². The molecule has 1 fully saturated rings. The van der Waals surface area contributed by atoms with Crippen molar-refractivity contribution in [3.05, 3.63) is 158 Å². The third-order valence-electron chi connectivity index (χ3n) is 15.6. The summed E-state index contributed by atoms with van der Waals surface area (Å²) in [5, 5.41) is 54.7. The molecule has 1 heterocycles. The van der Waals surface area contributed by atoms with E-state index >= 15 is 0 Å². The Hall–Kier alpha value is -4.19. The van der Waals surface area contributed by atoms with E-state index in [1.165, 1.54) is 135 Å². The molecule has 1 aliphatic heterocycles. The number of ether oxygens (including phenoxy) is 2. The fourth-order valence-electron chi connectivity index (χ4n) is 10.1. The highest BCUT2D eigenvalue weighted by Crippen LogP contribution is 2.23. The first-order chi connectivity index (χ1) is 42.8. The van der Waals surface area contributed by atoms with Crippen LogP contribution in [0.4, 0.5) is 0 Å². The molecule has 0 aromatic rings. The van der Waals surface area contributed by atoms with Gasteiger partial charge in [0.15, 0.2) is 6.29 Å². The first-order valence-electron chi connectivity index (χ1n) is 35.2. The fraction of sp³-hybridized carbons (Fsp3) is 0.654. The molecular weight excluding hydrogens is 1080 g/mol. The average molecular weight is 1210 g/mol. The van der Waals surface area contributed by atoms with Gasteiger partial charge in [0.25, 0.3) is 0 Å². The number of carbonyl (C=O) groups excluding carboxylic acids is 1. The van der Waals surface area contributed by atoms with Crippen LogP contribution in [0.15, 0.2) is 158 Å². The summed E-state index contributed by atoms with van der Waals surface area (Å²) < 4.78 is 11.3. The third-order valence-corrected chi connectivity index (χ3v) is 15.6. The van der Waals surface area contributed by atoms with E-state index in [-0.39, 0.29) is 18.9 Å². The van der Waals surface area contributed by atoms with Crippen molar-refractivity contribution in [3.63, 3.8) is 0 Å². The first-order valence-corrected chi connectivity index (χ1v) is 35.2. The van der Waals surface area contributed by atoms with Crippen molar-refractivity contribution in [1.82, 2.24) is 5.32 Å². The summed E-state index contributed by atoms with van der Waals surface area (Å²) in [6.07, 6.45) is 94.8. The summed E-state index contributed by atoms with van der Waals surface area (Å²) >= 11 is 0. The Bertz CT molecular complexity index is 1930. The van der Waals surface area contributed by atoms with Crippen LogP contribution in [-0.2, 0) is 14.3 Å². The van der Waals surface area contributed by atoms with Gasteiger partial charge in [0.2, 0.25) is 5.91 Å². The SMILES string of the molecule is CC/C=C\C/C=C\C/C=C\C/C=C\C/C=C\C/C=C\C/C=C\C/C=C\C/C=C\C/C=C\C/C=C\C/C=C\CCCCC(=O)NC(COC1OC(CO)C(O)C(O)C1O)C(O)/C=C/CCCCCCCCCCCCCCCCCCCCCCCCC. The zero-order chi connectivity index (χ0) is 62.8. The zero-order valence-corrected chi connectivity index (χ0v) is 55.2. The maximum absolute atomic E-state index is 13.1. The van der Waals surface area contributed by atoms with Gasteiger partial charge in [0.1, 0.15) is 24.4 Å². The van der Waals surface area contributed by atoms with Gasteiger partial charge < -0.3 is 40.3 Å². The molecule has 1 saturated heterocycles. The summed E-state index contributed by atoms with van der Waals surface area (Å²) in [6.45, 7) is 3.65. The van der Waals surface area contributed by atoms with Crippen LogP contribution in [0.3, 0.4) is 0 Å². The molecule has 0 aromatic carbocycles. The van der Waals surface area contributed by atoms with Crippen LogP contribution in [-0.4, -0.2) is 87.5 Å². The van der Waals surface area contributed by atoms with Gasteiger partial charge in [-0.2, -0.15) is 0 Å². The smallest absolute Gasteiger partial charge is 0.220 e. The van der Waals surface area contributed by atoms with Crippen molar-refractivity contribution in [2.75, 3.05) is 13.2 Å². The third kappa shape index (κ3) is 53.4. The summed E-state index contributed by atoms with van der Waals surface area (Å²) in [4.78, 5) is 13.1. The van der Waals surface area contributed by atoms with Crippen molar-refractivity contribution in [2.24, 2.45) is 0 Å². The van der Waals surface area contributed by atoms with Gasteiger partial charge in [-0.05, 0) is 109 Å². The van der Waals surface area contributed by atoms with E-state index in [9.17, 15) is 30.3 Å². The number of nitrogens with one attached hydrogen (secondary N) is 1. The van der Waals surface area contributed by atoms with E-state index < -0.39 is 49.5 Å². The first kappa shape index (κ1) is 80.8. The Morgan fingerprint density at radius 3 is 1.06 bits per heavy atom. The van der Waals surface area contributed by atoms with Gasteiger partial charge in [-0.1, -0.05) is 313 Å². The van der Waals surface area contributed by atoms with Crippen LogP contribution in [0.2, 0.25) is 0 Å². The molecule has 494 valence electrons. The number of amides is 1. The van der Waals surface area contributed by atoms with Crippen LogP contribution in [0.1, 0.15) is 271 Å². The molecule has 1 aliphatic rings. The molecule has 0 saturated carbocycles. The van der Waals surface area contributed by atoms with Gasteiger partial charge in [-0.25, -0.2) is 0 Å². The molecule has 9 heteroatoms. The van der Waals surface area contributed by atoms with Crippen molar-refractivity contribution >= 4 is 5.91 Å². The lowest BCUT2D eigenvalue weighted by Gasteiger charge is -2.40. The minimum Gasteiger partial charge on any atom is -0.394 e. The number of hydrogen-bond donors (Lipinski definition) is 6. The Kier molecular flexibility index (Phi) is 60.2. The highest BCUT2D eigenvalue weighted by atomic mass is 16.7. The second-order valence-electron chi connectivity index (χ2n) is 23.6. The molecule has 0 bridgehead atoms. The number of unbranched alkanes of at least 4 members (excludes halogenated alkanes) is 25. The van der Waals surface area contributed by atoms with Crippen LogP contribution < -0.4 is 5.32 Å². The monoisotopic (exact) mass is 1210 g/mol. The van der Waals surface area contributed by atoms with Crippen molar-refractivity contribution in [3.8, 4) is 0 Å². The minimum atomic E-state index is -1.59. The molecule has 87 heavy (non-hydrogen) atoms. The summed E-state index contributed by atoms with van der Waals surface area (Å²) in [5.74, 6) is -0.223. The van der Waals surface area contributed by atoms with Crippen LogP contribution in [0.25, 0.3) is 0 Å².